The fourth-order valence-electron chi connectivity index (χ4n) is 3.77. The van der Waals surface area contributed by atoms with E-state index in [0.717, 1.165) is 12.8 Å². The maximum atomic E-state index is 13.8. The number of benzene rings is 3. The van der Waals surface area contributed by atoms with E-state index in [1.165, 1.54) is 17.0 Å². The van der Waals surface area contributed by atoms with Crippen molar-refractivity contribution in [3.05, 3.63) is 89.7 Å². The third-order valence-electron chi connectivity index (χ3n) is 5.64. The summed E-state index contributed by atoms with van der Waals surface area (Å²) in [6.07, 6.45) is 1.91. The molecule has 0 aliphatic heterocycles. The zero-order valence-corrected chi connectivity index (χ0v) is 17.5. The number of anilines is 1. The molecular weight excluding hydrogens is 407 g/mol. The molecule has 0 radical (unpaired) electrons. The second kappa shape index (κ2) is 7.96. The van der Waals surface area contributed by atoms with Crippen LogP contribution >= 0.6 is 0 Å². The molecule has 3 aromatic carbocycles. The number of fused-ring (bicyclic) bond motifs is 1. The van der Waals surface area contributed by atoms with Crippen molar-refractivity contribution in [3.8, 4) is 11.3 Å². The van der Waals surface area contributed by atoms with Crippen molar-refractivity contribution in [3.63, 3.8) is 0 Å². The molecule has 2 amide bonds. The molecule has 1 aliphatic rings. The zero-order valence-electron chi connectivity index (χ0n) is 17.5. The molecule has 6 heteroatoms. The molecule has 4 aromatic rings. The molecule has 0 spiro atoms. The van der Waals surface area contributed by atoms with Crippen molar-refractivity contribution in [1.29, 1.82) is 0 Å². The number of hydrogen-bond donors (Lipinski definition) is 1. The van der Waals surface area contributed by atoms with Crippen LogP contribution in [0.5, 0.6) is 0 Å². The van der Waals surface area contributed by atoms with Crippen LogP contribution < -0.4 is 10.2 Å². The highest BCUT2D eigenvalue weighted by atomic mass is 19.1. The lowest BCUT2D eigenvalue weighted by molar-refractivity contribution is 0.0952. The summed E-state index contributed by atoms with van der Waals surface area (Å²) in [6, 6.07) is 20.3. The van der Waals surface area contributed by atoms with Crippen LogP contribution in [0, 0.1) is 5.82 Å². The minimum absolute atomic E-state index is 0.173. The number of rotatable bonds is 5. The number of furan rings is 1. The van der Waals surface area contributed by atoms with E-state index in [1.54, 1.807) is 37.4 Å². The molecule has 5 rings (SSSR count). The molecule has 0 unspecified atom stereocenters. The van der Waals surface area contributed by atoms with Gasteiger partial charge in [0, 0.05) is 29.7 Å². The first-order chi connectivity index (χ1) is 15.5. The molecule has 0 saturated heterocycles. The number of para-hydroxylation sites is 1. The van der Waals surface area contributed by atoms with E-state index in [0.29, 0.717) is 33.5 Å². The van der Waals surface area contributed by atoms with E-state index in [9.17, 15) is 14.0 Å². The Balaban J connectivity index is 1.71. The number of nitrogens with one attached hydrogen (secondary N) is 1. The smallest absolute Gasteiger partial charge is 0.262 e. The first-order valence-corrected chi connectivity index (χ1v) is 10.5. The van der Waals surface area contributed by atoms with Crippen molar-refractivity contribution in [2.75, 3.05) is 11.9 Å². The highest BCUT2D eigenvalue weighted by molar-refractivity contribution is 6.21. The van der Waals surface area contributed by atoms with Gasteiger partial charge in [-0.3, -0.25) is 9.59 Å². The Bertz CT molecular complexity index is 1310. The molecule has 1 N–H and O–H groups in total. The van der Waals surface area contributed by atoms with E-state index in [-0.39, 0.29) is 29.2 Å². The summed E-state index contributed by atoms with van der Waals surface area (Å²) in [6.45, 7) is 0. The summed E-state index contributed by atoms with van der Waals surface area (Å²) in [7, 11) is 1.68. The second-order valence-corrected chi connectivity index (χ2v) is 7.94. The Morgan fingerprint density at radius 2 is 1.69 bits per heavy atom. The Kier molecular flexibility index (Phi) is 4.98. The number of carbonyl (C=O) groups excluding carboxylic acids is 2. The Morgan fingerprint density at radius 1 is 0.969 bits per heavy atom. The molecular formula is C26H21FN2O3. The van der Waals surface area contributed by atoms with E-state index in [2.05, 4.69) is 5.32 Å². The van der Waals surface area contributed by atoms with Crippen molar-refractivity contribution in [2.24, 2.45) is 0 Å². The molecule has 1 fully saturated rings. The van der Waals surface area contributed by atoms with E-state index < -0.39 is 0 Å². The molecule has 0 bridgehead atoms. The summed E-state index contributed by atoms with van der Waals surface area (Å²) < 4.78 is 19.6. The minimum Gasteiger partial charge on any atom is -0.455 e. The Hall–Kier alpha value is -3.93. The average Bonchev–Trinajstić information content (AvgIpc) is 3.55. The molecule has 0 atom stereocenters. The molecule has 32 heavy (non-hydrogen) atoms. The first kappa shape index (κ1) is 20.0. The van der Waals surface area contributed by atoms with Gasteiger partial charge in [0.1, 0.15) is 17.2 Å². The molecule has 1 aromatic heterocycles. The summed E-state index contributed by atoms with van der Waals surface area (Å²) in [4.78, 5) is 28.3. The number of hydrogen-bond acceptors (Lipinski definition) is 3. The van der Waals surface area contributed by atoms with Gasteiger partial charge < -0.3 is 14.6 Å². The largest absolute Gasteiger partial charge is 0.455 e. The van der Waals surface area contributed by atoms with E-state index >= 15 is 0 Å². The van der Waals surface area contributed by atoms with E-state index in [4.69, 9.17) is 4.42 Å². The SMILES string of the molecule is CN(C(=O)c1c(-c2ccc(F)cc2)oc2cccc(C(=O)NC3CC3)c12)c1ccccc1. The highest BCUT2D eigenvalue weighted by Gasteiger charge is 2.30. The van der Waals surface area contributed by atoms with Gasteiger partial charge >= 0.3 is 0 Å². The van der Waals surface area contributed by atoms with Crippen molar-refractivity contribution in [1.82, 2.24) is 5.32 Å². The van der Waals surface area contributed by atoms with Gasteiger partial charge in [-0.25, -0.2) is 4.39 Å². The van der Waals surface area contributed by atoms with Gasteiger partial charge in [-0.1, -0.05) is 24.3 Å². The van der Waals surface area contributed by atoms with E-state index in [1.807, 2.05) is 30.3 Å². The third-order valence-corrected chi connectivity index (χ3v) is 5.64. The number of halogens is 1. The van der Waals surface area contributed by atoms with Gasteiger partial charge in [-0.2, -0.15) is 0 Å². The van der Waals surface area contributed by atoms with Crippen LogP contribution in [0.15, 0.2) is 77.2 Å². The molecule has 1 aliphatic carbocycles. The van der Waals surface area contributed by atoms with Gasteiger partial charge in [0.15, 0.2) is 0 Å². The van der Waals surface area contributed by atoms with Gasteiger partial charge in [-0.05, 0) is 61.4 Å². The summed E-state index contributed by atoms with van der Waals surface area (Å²) in [5.74, 6) is -0.634. The topological polar surface area (TPSA) is 62.6 Å². The van der Waals surface area contributed by atoms with Crippen molar-refractivity contribution >= 4 is 28.5 Å². The number of carbonyl (C=O) groups is 2. The molecule has 5 nitrogen and oxygen atoms in total. The maximum Gasteiger partial charge on any atom is 0.262 e. The monoisotopic (exact) mass is 428 g/mol. The molecule has 1 heterocycles. The molecule has 1 saturated carbocycles. The predicted octanol–water partition coefficient (Wildman–Crippen LogP) is 5.41. The van der Waals surface area contributed by atoms with Crippen LogP contribution in [-0.2, 0) is 0 Å². The lowest BCUT2D eigenvalue weighted by Crippen LogP contribution is -2.28. The minimum atomic E-state index is -0.386. The Labute approximate surface area is 184 Å². The number of nitrogens with zero attached hydrogens (tertiary/aromatic N) is 1. The van der Waals surface area contributed by atoms with Crippen LogP contribution in [0.25, 0.3) is 22.3 Å². The van der Waals surface area contributed by atoms with Crippen LogP contribution in [-0.4, -0.2) is 24.9 Å². The highest BCUT2D eigenvalue weighted by Crippen LogP contribution is 2.37. The normalized spacial score (nSPS) is 13.2. The fourth-order valence-corrected chi connectivity index (χ4v) is 3.77. The van der Waals surface area contributed by atoms with Crippen LogP contribution in [0.1, 0.15) is 33.6 Å². The van der Waals surface area contributed by atoms with Gasteiger partial charge in [0.2, 0.25) is 0 Å². The molecule has 160 valence electrons. The summed E-state index contributed by atoms with van der Waals surface area (Å²) >= 11 is 0. The quantitative estimate of drug-likeness (QED) is 0.462. The maximum absolute atomic E-state index is 13.8. The lowest BCUT2D eigenvalue weighted by atomic mass is 10.00. The standard InChI is InChI=1S/C26H21FN2O3/c1-29(19-6-3-2-4-7-19)26(31)23-22-20(25(30)28-18-14-15-18)8-5-9-21(22)32-24(23)16-10-12-17(27)13-11-16/h2-13,18H,14-15H2,1H3,(H,28,30). The second-order valence-electron chi connectivity index (χ2n) is 7.94. The summed E-state index contributed by atoms with van der Waals surface area (Å²) in [5, 5.41) is 3.45. The summed E-state index contributed by atoms with van der Waals surface area (Å²) in [5.41, 5.74) is 2.35. The van der Waals surface area contributed by atoms with Gasteiger partial charge in [0.25, 0.3) is 11.8 Å². The lowest BCUT2D eigenvalue weighted by Gasteiger charge is -2.18. The van der Waals surface area contributed by atoms with Crippen LogP contribution in [0.2, 0.25) is 0 Å². The van der Waals surface area contributed by atoms with Gasteiger partial charge in [-0.15, -0.1) is 0 Å². The van der Waals surface area contributed by atoms with Gasteiger partial charge in [0.05, 0.1) is 11.1 Å². The van der Waals surface area contributed by atoms with Crippen molar-refractivity contribution in [2.45, 2.75) is 18.9 Å². The predicted molar refractivity (Wildman–Crippen MR) is 121 cm³/mol. The Morgan fingerprint density at radius 3 is 2.38 bits per heavy atom. The number of amides is 2. The first-order valence-electron chi connectivity index (χ1n) is 10.5. The van der Waals surface area contributed by atoms with Crippen LogP contribution in [0.4, 0.5) is 10.1 Å². The fraction of sp³-hybridized carbons (Fsp3) is 0.154. The zero-order chi connectivity index (χ0) is 22.2. The van der Waals surface area contributed by atoms with Crippen LogP contribution in [0.3, 0.4) is 0 Å². The third kappa shape index (κ3) is 3.64. The average molecular weight is 428 g/mol. The van der Waals surface area contributed by atoms with Crippen molar-refractivity contribution < 1.29 is 18.4 Å².